The standard InChI is InChI=1S/C18H24N4O2/c1-14-5-3-4-6-16(14)12-21-7-9-22(10-8-21)13-18(23)19-17-11-15(2)24-20-17/h3-6,11H,7-10,12-13H2,1-2H3,(H,19,20,23). The number of aryl methyl sites for hydroxylation is 2. The van der Waals surface area contributed by atoms with Crippen LogP contribution in [0.4, 0.5) is 5.82 Å². The highest BCUT2D eigenvalue weighted by Crippen LogP contribution is 2.13. The molecule has 6 heteroatoms. The summed E-state index contributed by atoms with van der Waals surface area (Å²) in [5.41, 5.74) is 2.72. The molecule has 0 bridgehead atoms. The molecule has 1 saturated heterocycles. The van der Waals surface area contributed by atoms with Crippen LogP contribution in [-0.4, -0.2) is 53.6 Å². The second-order valence-corrected chi connectivity index (χ2v) is 6.35. The molecule has 1 amide bonds. The summed E-state index contributed by atoms with van der Waals surface area (Å²) < 4.78 is 4.95. The third-order valence-corrected chi connectivity index (χ3v) is 4.38. The van der Waals surface area contributed by atoms with Gasteiger partial charge < -0.3 is 9.84 Å². The van der Waals surface area contributed by atoms with Gasteiger partial charge in [0.1, 0.15) is 5.76 Å². The molecular formula is C18H24N4O2. The van der Waals surface area contributed by atoms with E-state index in [9.17, 15) is 4.79 Å². The van der Waals surface area contributed by atoms with Crippen molar-refractivity contribution in [3.8, 4) is 0 Å². The smallest absolute Gasteiger partial charge is 0.239 e. The fourth-order valence-corrected chi connectivity index (χ4v) is 2.94. The zero-order valence-corrected chi connectivity index (χ0v) is 14.3. The van der Waals surface area contributed by atoms with E-state index in [2.05, 4.69) is 51.5 Å². The second kappa shape index (κ2) is 7.59. The first-order valence-corrected chi connectivity index (χ1v) is 8.32. The molecule has 24 heavy (non-hydrogen) atoms. The van der Waals surface area contributed by atoms with Crippen LogP contribution in [0.2, 0.25) is 0 Å². The Bertz CT molecular complexity index is 690. The average molecular weight is 328 g/mol. The van der Waals surface area contributed by atoms with Gasteiger partial charge in [0, 0.05) is 38.8 Å². The molecule has 2 heterocycles. The highest BCUT2D eigenvalue weighted by molar-refractivity contribution is 5.91. The zero-order valence-electron chi connectivity index (χ0n) is 14.3. The van der Waals surface area contributed by atoms with Crippen molar-refractivity contribution in [1.29, 1.82) is 0 Å². The molecule has 6 nitrogen and oxygen atoms in total. The maximum absolute atomic E-state index is 12.1. The van der Waals surface area contributed by atoms with E-state index < -0.39 is 0 Å². The Morgan fingerprint density at radius 3 is 2.54 bits per heavy atom. The number of nitrogens with zero attached hydrogens (tertiary/aromatic N) is 3. The largest absolute Gasteiger partial charge is 0.360 e. The number of rotatable bonds is 5. The molecule has 1 fully saturated rings. The highest BCUT2D eigenvalue weighted by Gasteiger charge is 2.19. The first kappa shape index (κ1) is 16.7. The number of aromatic nitrogens is 1. The van der Waals surface area contributed by atoms with Gasteiger partial charge in [-0.2, -0.15) is 0 Å². The highest BCUT2D eigenvalue weighted by atomic mass is 16.5. The zero-order chi connectivity index (χ0) is 16.9. The summed E-state index contributed by atoms with van der Waals surface area (Å²) in [4.78, 5) is 16.7. The van der Waals surface area contributed by atoms with Crippen molar-refractivity contribution >= 4 is 11.7 Å². The topological polar surface area (TPSA) is 61.6 Å². The van der Waals surface area contributed by atoms with E-state index in [0.29, 0.717) is 18.1 Å². The number of anilines is 1. The molecule has 2 aromatic rings. The number of carbonyl (C=O) groups excluding carboxylic acids is 1. The minimum absolute atomic E-state index is 0.0457. The van der Waals surface area contributed by atoms with Gasteiger partial charge in [0.25, 0.3) is 0 Å². The van der Waals surface area contributed by atoms with Crippen LogP contribution in [-0.2, 0) is 11.3 Å². The number of benzene rings is 1. The molecule has 0 spiro atoms. The Morgan fingerprint density at radius 2 is 1.88 bits per heavy atom. The molecule has 1 aromatic carbocycles. The predicted molar refractivity (Wildman–Crippen MR) is 92.8 cm³/mol. The monoisotopic (exact) mass is 328 g/mol. The summed E-state index contributed by atoms with van der Waals surface area (Å²) in [5, 5.41) is 6.55. The van der Waals surface area contributed by atoms with Crippen molar-refractivity contribution in [2.24, 2.45) is 0 Å². The van der Waals surface area contributed by atoms with Crippen molar-refractivity contribution < 1.29 is 9.32 Å². The van der Waals surface area contributed by atoms with Gasteiger partial charge in [-0.3, -0.25) is 14.6 Å². The molecule has 0 aliphatic carbocycles. The van der Waals surface area contributed by atoms with Crippen LogP contribution < -0.4 is 5.32 Å². The van der Waals surface area contributed by atoms with Crippen molar-refractivity contribution in [2.45, 2.75) is 20.4 Å². The third-order valence-electron chi connectivity index (χ3n) is 4.38. The van der Waals surface area contributed by atoms with E-state index in [1.165, 1.54) is 11.1 Å². The average Bonchev–Trinajstić information content (AvgIpc) is 2.96. The van der Waals surface area contributed by atoms with Gasteiger partial charge in [-0.25, -0.2) is 0 Å². The van der Waals surface area contributed by atoms with Crippen LogP contribution in [0.1, 0.15) is 16.9 Å². The Balaban J connectivity index is 1.43. The first-order chi connectivity index (χ1) is 11.6. The summed E-state index contributed by atoms with van der Waals surface area (Å²) in [6, 6.07) is 10.2. The fraction of sp³-hybridized carbons (Fsp3) is 0.444. The Labute approximate surface area is 142 Å². The first-order valence-electron chi connectivity index (χ1n) is 8.32. The lowest BCUT2D eigenvalue weighted by molar-refractivity contribution is -0.117. The van der Waals surface area contributed by atoms with Crippen molar-refractivity contribution in [1.82, 2.24) is 15.0 Å². The van der Waals surface area contributed by atoms with Crippen LogP contribution in [0.15, 0.2) is 34.9 Å². The molecule has 3 rings (SSSR count). The van der Waals surface area contributed by atoms with E-state index in [-0.39, 0.29) is 5.91 Å². The summed E-state index contributed by atoms with van der Waals surface area (Å²) >= 11 is 0. The molecule has 1 N–H and O–H groups in total. The second-order valence-electron chi connectivity index (χ2n) is 6.35. The third kappa shape index (κ3) is 4.43. The van der Waals surface area contributed by atoms with Crippen molar-refractivity contribution in [3.05, 3.63) is 47.2 Å². The normalized spacial score (nSPS) is 16.2. The number of amides is 1. The van der Waals surface area contributed by atoms with E-state index in [4.69, 9.17) is 4.52 Å². The SMILES string of the molecule is Cc1cc(NC(=O)CN2CCN(Cc3ccccc3C)CC2)no1. The number of carbonyl (C=O) groups is 1. The van der Waals surface area contributed by atoms with Crippen LogP contribution in [0.25, 0.3) is 0 Å². The lowest BCUT2D eigenvalue weighted by atomic mass is 10.1. The molecule has 0 saturated carbocycles. The molecule has 0 atom stereocenters. The van der Waals surface area contributed by atoms with Gasteiger partial charge in [0.2, 0.25) is 5.91 Å². The Kier molecular flexibility index (Phi) is 5.27. The summed E-state index contributed by atoms with van der Waals surface area (Å²) in [7, 11) is 0. The molecule has 1 aliphatic heterocycles. The van der Waals surface area contributed by atoms with Crippen LogP contribution >= 0.6 is 0 Å². The van der Waals surface area contributed by atoms with E-state index >= 15 is 0 Å². The molecule has 0 unspecified atom stereocenters. The quantitative estimate of drug-likeness (QED) is 0.910. The Hall–Kier alpha value is -2.18. The van der Waals surface area contributed by atoms with E-state index in [1.807, 2.05) is 0 Å². The van der Waals surface area contributed by atoms with Gasteiger partial charge in [-0.05, 0) is 25.0 Å². The van der Waals surface area contributed by atoms with Crippen LogP contribution in [0.5, 0.6) is 0 Å². The van der Waals surface area contributed by atoms with Crippen LogP contribution in [0.3, 0.4) is 0 Å². The molecule has 128 valence electrons. The van der Waals surface area contributed by atoms with Gasteiger partial charge in [0.05, 0.1) is 6.54 Å². The minimum atomic E-state index is -0.0457. The lowest BCUT2D eigenvalue weighted by Gasteiger charge is -2.34. The van der Waals surface area contributed by atoms with Crippen LogP contribution in [0, 0.1) is 13.8 Å². The maximum Gasteiger partial charge on any atom is 0.239 e. The molecule has 0 radical (unpaired) electrons. The fourth-order valence-electron chi connectivity index (χ4n) is 2.94. The Morgan fingerprint density at radius 1 is 1.17 bits per heavy atom. The lowest BCUT2D eigenvalue weighted by Crippen LogP contribution is -2.48. The van der Waals surface area contributed by atoms with Gasteiger partial charge >= 0.3 is 0 Å². The van der Waals surface area contributed by atoms with E-state index in [0.717, 1.165) is 32.7 Å². The number of hydrogen-bond acceptors (Lipinski definition) is 5. The minimum Gasteiger partial charge on any atom is -0.360 e. The summed E-state index contributed by atoms with van der Waals surface area (Å²) in [5.74, 6) is 1.13. The number of piperazine rings is 1. The van der Waals surface area contributed by atoms with Crippen molar-refractivity contribution in [2.75, 3.05) is 38.0 Å². The number of hydrogen-bond donors (Lipinski definition) is 1. The van der Waals surface area contributed by atoms with E-state index in [1.54, 1.807) is 13.0 Å². The molecular weight excluding hydrogens is 304 g/mol. The van der Waals surface area contributed by atoms with Gasteiger partial charge in [0.15, 0.2) is 5.82 Å². The maximum atomic E-state index is 12.1. The predicted octanol–water partition coefficient (Wildman–Crippen LogP) is 2.05. The summed E-state index contributed by atoms with van der Waals surface area (Å²) in [6.07, 6.45) is 0. The molecule has 1 aliphatic rings. The summed E-state index contributed by atoms with van der Waals surface area (Å²) in [6.45, 7) is 9.08. The van der Waals surface area contributed by atoms with Gasteiger partial charge in [-0.1, -0.05) is 29.4 Å². The number of nitrogens with one attached hydrogen (secondary N) is 1. The molecule has 1 aromatic heterocycles. The van der Waals surface area contributed by atoms with Crippen molar-refractivity contribution in [3.63, 3.8) is 0 Å². The van der Waals surface area contributed by atoms with Gasteiger partial charge in [-0.15, -0.1) is 0 Å².